The maximum absolute atomic E-state index is 12.8. The summed E-state index contributed by atoms with van der Waals surface area (Å²) in [4.78, 5) is 23.5. The third-order valence-corrected chi connectivity index (χ3v) is 7.60. The lowest BCUT2D eigenvalue weighted by Crippen LogP contribution is -2.48. The Balaban J connectivity index is 1.09. The summed E-state index contributed by atoms with van der Waals surface area (Å²) >= 11 is 5.99. The summed E-state index contributed by atoms with van der Waals surface area (Å²) in [6.07, 6.45) is -2.03. The lowest BCUT2D eigenvalue weighted by Gasteiger charge is -2.37. The highest BCUT2D eigenvalue weighted by atomic mass is 35.5. The summed E-state index contributed by atoms with van der Waals surface area (Å²) in [5, 5.41) is 12.3. The molecule has 0 bridgehead atoms. The molecule has 0 radical (unpaired) electrons. The van der Waals surface area contributed by atoms with Gasteiger partial charge in [-0.3, -0.25) is 20.1 Å². The standard InChI is InChI=1S/C29H30ClF3N6O/c30-23-6-8-25(9-7-23)38-13-15-39(16-14-38)27(34)21-3-10-26(35-17-21)28(40)36-24-11-12-37(19-24)18-20-1-4-22(5-2-20)29(31,32)33/h1-10,17,24,34H,11-16,18-19H2,(H,36,40). The number of hydrogen-bond donors (Lipinski definition) is 2. The second kappa shape index (κ2) is 11.9. The summed E-state index contributed by atoms with van der Waals surface area (Å²) < 4.78 is 38.4. The number of likely N-dealkylation sites (tertiary alicyclic amines) is 1. The number of rotatable bonds is 6. The quantitative estimate of drug-likeness (QED) is 0.326. The molecule has 2 N–H and O–H groups in total. The fourth-order valence-corrected chi connectivity index (χ4v) is 5.23. The van der Waals surface area contributed by atoms with Crippen molar-refractivity contribution in [2.45, 2.75) is 25.2 Å². The average molecular weight is 571 g/mol. The molecular formula is C29H30ClF3N6O. The van der Waals surface area contributed by atoms with Crippen molar-refractivity contribution in [3.63, 3.8) is 0 Å². The molecule has 0 saturated carbocycles. The van der Waals surface area contributed by atoms with Gasteiger partial charge in [-0.05, 0) is 60.5 Å². The minimum Gasteiger partial charge on any atom is -0.368 e. The first-order chi connectivity index (χ1) is 19.2. The predicted octanol–water partition coefficient (Wildman–Crippen LogP) is 4.91. The monoisotopic (exact) mass is 570 g/mol. The van der Waals surface area contributed by atoms with Gasteiger partial charge in [0.05, 0.1) is 5.56 Å². The number of benzene rings is 2. The SMILES string of the molecule is N=C(c1ccc(C(=O)NC2CCN(Cc3ccc(C(F)(F)F)cc3)C2)nc1)N1CCN(c2ccc(Cl)cc2)CC1. The Kier molecular flexibility index (Phi) is 8.27. The van der Waals surface area contributed by atoms with Crippen molar-refractivity contribution in [1.82, 2.24) is 20.1 Å². The highest BCUT2D eigenvalue weighted by Gasteiger charge is 2.30. The Morgan fingerprint density at radius 1 is 0.975 bits per heavy atom. The van der Waals surface area contributed by atoms with E-state index in [1.165, 1.54) is 12.1 Å². The van der Waals surface area contributed by atoms with Crippen LogP contribution in [0.2, 0.25) is 5.02 Å². The van der Waals surface area contributed by atoms with Gasteiger partial charge in [-0.15, -0.1) is 0 Å². The van der Waals surface area contributed by atoms with Gasteiger partial charge in [-0.2, -0.15) is 13.2 Å². The van der Waals surface area contributed by atoms with Gasteiger partial charge in [0.15, 0.2) is 0 Å². The molecule has 2 aliphatic rings. The van der Waals surface area contributed by atoms with Crippen molar-refractivity contribution in [3.8, 4) is 0 Å². The summed E-state index contributed by atoms with van der Waals surface area (Å²) in [6, 6.07) is 16.3. The van der Waals surface area contributed by atoms with Crippen molar-refractivity contribution in [2.24, 2.45) is 0 Å². The van der Waals surface area contributed by atoms with Crippen molar-refractivity contribution in [2.75, 3.05) is 44.2 Å². The first kappa shape index (κ1) is 27.9. The van der Waals surface area contributed by atoms with E-state index in [4.69, 9.17) is 17.0 Å². The maximum Gasteiger partial charge on any atom is 0.416 e. The number of pyridine rings is 1. The number of nitrogens with zero attached hydrogens (tertiary/aromatic N) is 4. The smallest absolute Gasteiger partial charge is 0.368 e. The number of aromatic nitrogens is 1. The molecule has 1 amide bonds. The molecule has 1 unspecified atom stereocenters. The average Bonchev–Trinajstić information content (AvgIpc) is 3.39. The van der Waals surface area contributed by atoms with Gasteiger partial charge < -0.3 is 15.1 Å². The van der Waals surface area contributed by atoms with Gasteiger partial charge >= 0.3 is 6.18 Å². The number of amidine groups is 1. The van der Waals surface area contributed by atoms with E-state index in [2.05, 4.69) is 20.1 Å². The first-order valence-electron chi connectivity index (χ1n) is 13.2. The van der Waals surface area contributed by atoms with Gasteiger partial charge in [-0.1, -0.05) is 23.7 Å². The Bertz CT molecular complexity index is 1320. The Labute approximate surface area is 236 Å². The van der Waals surface area contributed by atoms with Crippen LogP contribution in [0.5, 0.6) is 0 Å². The molecule has 11 heteroatoms. The zero-order valence-corrected chi connectivity index (χ0v) is 22.5. The van der Waals surface area contributed by atoms with Crippen molar-refractivity contribution < 1.29 is 18.0 Å². The van der Waals surface area contributed by atoms with Crippen LogP contribution in [-0.2, 0) is 12.7 Å². The number of piperazine rings is 1. The molecular weight excluding hydrogens is 541 g/mol. The number of nitrogens with one attached hydrogen (secondary N) is 2. The molecule has 1 atom stereocenters. The van der Waals surface area contributed by atoms with E-state index in [1.807, 2.05) is 29.2 Å². The molecule has 3 heterocycles. The molecule has 210 valence electrons. The molecule has 1 aromatic heterocycles. The first-order valence-corrected chi connectivity index (χ1v) is 13.5. The van der Waals surface area contributed by atoms with Crippen molar-refractivity contribution in [3.05, 3.63) is 94.3 Å². The number of amides is 1. The van der Waals surface area contributed by atoms with Gasteiger partial charge in [0.1, 0.15) is 11.5 Å². The molecule has 7 nitrogen and oxygen atoms in total. The summed E-state index contributed by atoms with van der Waals surface area (Å²) in [5.74, 6) is 0.0981. The number of halogens is 4. The second-order valence-electron chi connectivity index (χ2n) is 10.1. The van der Waals surface area contributed by atoms with Crippen molar-refractivity contribution >= 4 is 29.0 Å². The van der Waals surface area contributed by atoms with Crippen LogP contribution in [0.4, 0.5) is 18.9 Å². The second-order valence-corrected chi connectivity index (χ2v) is 10.6. The van der Waals surface area contributed by atoms with Gasteiger partial charge in [0.2, 0.25) is 0 Å². The number of carbonyl (C=O) groups is 1. The lowest BCUT2D eigenvalue weighted by molar-refractivity contribution is -0.137. The third-order valence-electron chi connectivity index (χ3n) is 7.35. The molecule has 2 saturated heterocycles. The van der Waals surface area contributed by atoms with Gasteiger partial charge in [-0.25, -0.2) is 0 Å². The molecule has 2 fully saturated rings. The van der Waals surface area contributed by atoms with E-state index < -0.39 is 11.7 Å². The Hall–Kier alpha value is -3.63. The number of anilines is 1. The maximum atomic E-state index is 12.8. The van der Waals surface area contributed by atoms with Gasteiger partial charge in [0.25, 0.3) is 5.91 Å². The fraction of sp³-hybridized carbons (Fsp3) is 0.345. The van der Waals surface area contributed by atoms with Crippen molar-refractivity contribution in [1.29, 1.82) is 5.41 Å². The summed E-state index contributed by atoms with van der Waals surface area (Å²) in [7, 11) is 0. The molecule has 0 spiro atoms. The lowest BCUT2D eigenvalue weighted by atomic mass is 10.1. The van der Waals surface area contributed by atoms with E-state index in [0.29, 0.717) is 42.6 Å². The zero-order chi connectivity index (χ0) is 28.3. The van der Waals surface area contributed by atoms with Crippen LogP contribution in [0, 0.1) is 5.41 Å². The van der Waals surface area contributed by atoms with E-state index >= 15 is 0 Å². The molecule has 2 aliphatic heterocycles. The number of hydrogen-bond acceptors (Lipinski definition) is 5. The largest absolute Gasteiger partial charge is 0.416 e. The summed E-state index contributed by atoms with van der Waals surface area (Å²) in [5.41, 5.74) is 2.18. The third kappa shape index (κ3) is 6.74. The molecule has 0 aliphatic carbocycles. The normalized spacial score (nSPS) is 18.1. The molecule has 3 aromatic rings. The highest BCUT2D eigenvalue weighted by molar-refractivity contribution is 6.30. The van der Waals surface area contributed by atoms with E-state index in [9.17, 15) is 18.0 Å². The number of alkyl halides is 3. The predicted molar refractivity (Wildman–Crippen MR) is 149 cm³/mol. The topological polar surface area (TPSA) is 75.6 Å². The molecule has 40 heavy (non-hydrogen) atoms. The molecule has 2 aromatic carbocycles. The van der Waals surface area contributed by atoms with Crippen LogP contribution >= 0.6 is 11.6 Å². The zero-order valence-electron chi connectivity index (χ0n) is 21.8. The van der Waals surface area contributed by atoms with Crippen LogP contribution in [-0.4, -0.2) is 71.8 Å². The molecule has 5 rings (SSSR count). The fourth-order valence-electron chi connectivity index (χ4n) is 5.10. The van der Waals surface area contributed by atoms with Gasteiger partial charge in [0, 0.05) is 74.3 Å². The minimum atomic E-state index is -4.35. The van der Waals surface area contributed by atoms with Crippen LogP contribution in [0.15, 0.2) is 66.9 Å². The van der Waals surface area contributed by atoms with E-state index in [-0.39, 0.29) is 17.6 Å². The Morgan fingerprint density at radius 2 is 1.68 bits per heavy atom. The Morgan fingerprint density at radius 3 is 2.30 bits per heavy atom. The minimum absolute atomic E-state index is 0.0707. The van der Waals surface area contributed by atoms with Crippen LogP contribution in [0.3, 0.4) is 0 Å². The van der Waals surface area contributed by atoms with Crippen LogP contribution in [0.25, 0.3) is 0 Å². The van der Waals surface area contributed by atoms with Crippen LogP contribution in [0.1, 0.15) is 33.6 Å². The van der Waals surface area contributed by atoms with Crippen LogP contribution < -0.4 is 10.2 Å². The highest BCUT2D eigenvalue weighted by Crippen LogP contribution is 2.29. The van der Waals surface area contributed by atoms with E-state index in [0.717, 1.165) is 49.4 Å². The summed E-state index contributed by atoms with van der Waals surface area (Å²) in [6.45, 7) is 4.85. The number of carbonyl (C=O) groups excluding carboxylic acids is 1. The van der Waals surface area contributed by atoms with E-state index in [1.54, 1.807) is 18.3 Å².